The van der Waals surface area contributed by atoms with Crippen molar-refractivity contribution in [1.29, 1.82) is 0 Å². The van der Waals surface area contributed by atoms with Crippen LogP contribution in [0.5, 0.6) is 0 Å². The lowest BCUT2D eigenvalue weighted by molar-refractivity contribution is 0.0755. The van der Waals surface area contributed by atoms with Crippen LogP contribution in [-0.2, 0) is 6.42 Å². The number of hydrogen-bond donors (Lipinski definition) is 2. The van der Waals surface area contributed by atoms with Crippen LogP contribution in [0, 0.1) is 18.6 Å². The quantitative estimate of drug-likeness (QED) is 0.298. The molecule has 0 aliphatic carbocycles. The zero-order chi connectivity index (χ0) is 27.8. The van der Waals surface area contributed by atoms with Gasteiger partial charge in [0.25, 0.3) is 11.8 Å². The van der Waals surface area contributed by atoms with Crippen LogP contribution in [0.25, 0.3) is 0 Å². The van der Waals surface area contributed by atoms with Crippen molar-refractivity contribution in [2.75, 3.05) is 13.1 Å². The lowest BCUT2D eigenvalue weighted by Gasteiger charge is -2.25. The number of hydrogen-bond acceptors (Lipinski definition) is 4. The van der Waals surface area contributed by atoms with E-state index in [4.69, 9.17) is 0 Å². The van der Waals surface area contributed by atoms with Gasteiger partial charge in [-0.05, 0) is 95.7 Å². The molecule has 2 N–H and O–H groups in total. The van der Waals surface area contributed by atoms with Crippen molar-refractivity contribution >= 4 is 27.7 Å². The van der Waals surface area contributed by atoms with Crippen molar-refractivity contribution in [2.45, 2.75) is 52.2 Å². The Hall–Kier alpha value is -3.17. The van der Waals surface area contributed by atoms with Gasteiger partial charge in [0.1, 0.15) is 17.7 Å². The summed E-state index contributed by atoms with van der Waals surface area (Å²) in [5.41, 5.74) is 1.92. The molecule has 3 aromatic rings. The summed E-state index contributed by atoms with van der Waals surface area (Å²) in [6.07, 6.45) is 1.81. The number of pyridine rings is 1. The molecule has 2 atom stereocenters. The zero-order valence-electron chi connectivity index (χ0n) is 21.7. The first kappa shape index (κ1) is 29.4. The summed E-state index contributed by atoms with van der Waals surface area (Å²) in [6.45, 7) is 7.02. The largest absolute Gasteiger partial charge is 0.385 e. The zero-order valence-corrected chi connectivity index (χ0v) is 23.3. The molecule has 1 heterocycles. The van der Waals surface area contributed by atoms with E-state index in [1.54, 1.807) is 36.1 Å². The predicted octanol–water partition coefficient (Wildman–Crippen LogP) is 5.77. The Labute approximate surface area is 230 Å². The molecule has 0 spiro atoms. The Balaban J connectivity index is 1.92. The molecule has 0 saturated heterocycles. The van der Waals surface area contributed by atoms with E-state index in [2.05, 4.69) is 26.2 Å². The van der Waals surface area contributed by atoms with Gasteiger partial charge in [-0.2, -0.15) is 0 Å². The summed E-state index contributed by atoms with van der Waals surface area (Å²) in [5, 5.41) is 13.9. The van der Waals surface area contributed by atoms with Gasteiger partial charge in [0.2, 0.25) is 0 Å². The van der Waals surface area contributed by atoms with Crippen LogP contribution >= 0.6 is 15.9 Å². The molecule has 2 amide bonds. The standard InChI is InChI=1S/C29H32BrF2N3O3/c1-4-8-35(9-5-2)29(38)21-11-18(3)10-20(15-21)28(37)34-26(14-19-12-23(31)16-24(32)13-19)27(36)25-7-6-22(30)17-33-25/h6-7,10-13,15-17,26-27,36H,4-5,8-9,14H2,1-3H3,(H,34,37)/t26-,27?/m0/s1. The number of rotatable bonds is 11. The number of nitrogens with zero attached hydrogens (tertiary/aromatic N) is 2. The first-order valence-electron chi connectivity index (χ1n) is 12.6. The van der Waals surface area contributed by atoms with Gasteiger partial charge in [-0.25, -0.2) is 8.78 Å². The molecular formula is C29H32BrF2N3O3. The fourth-order valence-electron chi connectivity index (χ4n) is 4.32. The monoisotopic (exact) mass is 587 g/mol. The number of aromatic nitrogens is 1. The predicted molar refractivity (Wildman–Crippen MR) is 146 cm³/mol. The van der Waals surface area contributed by atoms with Crippen LogP contribution in [0.3, 0.4) is 0 Å². The van der Waals surface area contributed by atoms with Gasteiger partial charge in [-0.3, -0.25) is 14.6 Å². The molecule has 9 heteroatoms. The number of aryl methyl sites for hydroxylation is 1. The minimum absolute atomic E-state index is 0.0578. The number of carbonyl (C=O) groups excluding carboxylic acids is 2. The van der Waals surface area contributed by atoms with E-state index >= 15 is 0 Å². The average molecular weight is 588 g/mol. The molecule has 6 nitrogen and oxygen atoms in total. The molecule has 0 aliphatic rings. The van der Waals surface area contributed by atoms with Gasteiger partial charge in [-0.1, -0.05) is 13.8 Å². The number of amides is 2. The van der Waals surface area contributed by atoms with Crippen molar-refractivity contribution in [3.05, 3.63) is 98.8 Å². The fourth-order valence-corrected chi connectivity index (χ4v) is 4.55. The molecule has 0 saturated carbocycles. The lowest BCUT2D eigenvalue weighted by Crippen LogP contribution is -2.41. The summed E-state index contributed by atoms with van der Waals surface area (Å²) >= 11 is 3.30. The Morgan fingerprint density at radius 3 is 2.21 bits per heavy atom. The minimum atomic E-state index is -1.27. The van der Waals surface area contributed by atoms with Crippen molar-refractivity contribution in [3.8, 4) is 0 Å². The first-order chi connectivity index (χ1) is 18.1. The van der Waals surface area contributed by atoms with Gasteiger partial charge >= 0.3 is 0 Å². The van der Waals surface area contributed by atoms with E-state index in [1.807, 2.05) is 13.8 Å². The van der Waals surface area contributed by atoms with E-state index in [-0.39, 0.29) is 29.1 Å². The maximum atomic E-state index is 13.9. The molecule has 2 aromatic carbocycles. The molecular weight excluding hydrogens is 556 g/mol. The van der Waals surface area contributed by atoms with Crippen LogP contribution in [0.2, 0.25) is 0 Å². The van der Waals surface area contributed by atoms with Crippen LogP contribution in [0.4, 0.5) is 8.78 Å². The molecule has 1 aromatic heterocycles. The fraction of sp³-hybridized carbons (Fsp3) is 0.345. The van der Waals surface area contributed by atoms with E-state index in [1.165, 1.54) is 12.3 Å². The van der Waals surface area contributed by atoms with Crippen molar-refractivity contribution < 1.29 is 23.5 Å². The lowest BCUT2D eigenvalue weighted by atomic mass is 9.97. The van der Waals surface area contributed by atoms with Gasteiger partial charge in [0.05, 0.1) is 11.7 Å². The number of aliphatic hydroxyl groups excluding tert-OH is 1. The molecule has 0 aliphatic heterocycles. The maximum Gasteiger partial charge on any atom is 0.253 e. The third-order valence-electron chi connectivity index (χ3n) is 5.99. The second kappa shape index (κ2) is 13.6. The van der Waals surface area contributed by atoms with Crippen molar-refractivity contribution in [2.24, 2.45) is 0 Å². The molecule has 0 bridgehead atoms. The third kappa shape index (κ3) is 7.91. The second-order valence-electron chi connectivity index (χ2n) is 9.29. The summed E-state index contributed by atoms with van der Waals surface area (Å²) in [7, 11) is 0. The highest BCUT2D eigenvalue weighted by atomic mass is 79.9. The van der Waals surface area contributed by atoms with Crippen LogP contribution in [0.1, 0.15) is 70.3 Å². The highest BCUT2D eigenvalue weighted by molar-refractivity contribution is 9.10. The van der Waals surface area contributed by atoms with Crippen LogP contribution in [-0.4, -0.2) is 45.9 Å². The second-order valence-corrected chi connectivity index (χ2v) is 10.2. The van der Waals surface area contributed by atoms with E-state index in [0.29, 0.717) is 23.1 Å². The van der Waals surface area contributed by atoms with Gasteiger partial charge in [-0.15, -0.1) is 0 Å². The SMILES string of the molecule is CCCN(CCC)C(=O)c1cc(C)cc(C(=O)N[C@@H](Cc2cc(F)cc(F)c2)C(O)c2ccc(Br)cn2)c1. The van der Waals surface area contributed by atoms with E-state index in [0.717, 1.165) is 36.6 Å². The Bertz CT molecular complexity index is 1240. The first-order valence-corrected chi connectivity index (χ1v) is 13.4. The topological polar surface area (TPSA) is 82.5 Å². The number of benzene rings is 2. The molecule has 1 unspecified atom stereocenters. The summed E-state index contributed by atoms with van der Waals surface area (Å²) in [4.78, 5) is 32.5. The Morgan fingerprint density at radius 1 is 1.00 bits per heavy atom. The number of carbonyl (C=O) groups is 2. The molecule has 38 heavy (non-hydrogen) atoms. The van der Waals surface area contributed by atoms with Gasteiger partial charge < -0.3 is 15.3 Å². The normalized spacial score (nSPS) is 12.6. The Kier molecular flexibility index (Phi) is 10.5. The summed E-state index contributed by atoms with van der Waals surface area (Å²) in [6, 6.07) is 10.3. The third-order valence-corrected chi connectivity index (χ3v) is 6.46. The van der Waals surface area contributed by atoms with E-state index < -0.39 is 29.7 Å². The number of aliphatic hydroxyl groups is 1. The van der Waals surface area contributed by atoms with Gasteiger partial charge in [0, 0.05) is 41.0 Å². The summed E-state index contributed by atoms with van der Waals surface area (Å²) in [5.74, 6) is -2.20. The maximum absolute atomic E-state index is 13.9. The van der Waals surface area contributed by atoms with Crippen LogP contribution < -0.4 is 5.32 Å². The Morgan fingerprint density at radius 2 is 1.63 bits per heavy atom. The highest BCUT2D eigenvalue weighted by Crippen LogP contribution is 2.22. The molecule has 0 fully saturated rings. The molecule has 3 rings (SSSR count). The van der Waals surface area contributed by atoms with E-state index in [9.17, 15) is 23.5 Å². The van der Waals surface area contributed by atoms with Crippen molar-refractivity contribution in [1.82, 2.24) is 15.2 Å². The number of nitrogens with one attached hydrogen (secondary N) is 1. The van der Waals surface area contributed by atoms with Crippen molar-refractivity contribution in [3.63, 3.8) is 0 Å². The average Bonchev–Trinajstić information content (AvgIpc) is 2.86. The smallest absolute Gasteiger partial charge is 0.253 e. The molecule has 202 valence electrons. The highest BCUT2D eigenvalue weighted by Gasteiger charge is 2.26. The van der Waals surface area contributed by atoms with Gasteiger partial charge in [0.15, 0.2) is 0 Å². The number of halogens is 3. The molecule has 0 radical (unpaired) electrons. The summed E-state index contributed by atoms with van der Waals surface area (Å²) < 4.78 is 28.4. The van der Waals surface area contributed by atoms with Crippen LogP contribution in [0.15, 0.2) is 59.2 Å². The minimum Gasteiger partial charge on any atom is -0.385 e.